The van der Waals surface area contributed by atoms with Crippen LogP contribution in [0, 0.1) is 5.82 Å². The molecule has 1 heterocycles. The molecule has 4 heteroatoms. The van der Waals surface area contributed by atoms with Crippen molar-refractivity contribution in [1.82, 2.24) is 0 Å². The first-order valence-corrected chi connectivity index (χ1v) is 4.51. The Morgan fingerprint density at radius 2 is 2.17 bits per heavy atom. The number of halogens is 2. The third-order valence-corrected chi connectivity index (χ3v) is 3.03. The maximum Gasteiger partial charge on any atom is 0.132 e. The zero-order chi connectivity index (χ0) is 8.72. The van der Waals surface area contributed by atoms with Crippen molar-refractivity contribution in [2.24, 2.45) is 0 Å². The molecule has 0 atom stereocenters. The molecule has 0 saturated carbocycles. The van der Waals surface area contributed by atoms with Crippen LogP contribution >= 0.6 is 22.9 Å². The van der Waals surface area contributed by atoms with Crippen molar-refractivity contribution in [3.05, 3.63) is 29.0 Å². The van der Waals surface area contributed by atoms with Gasteiger partial charge in [0.1, 0.15) is 5.82 Å². The van der Waals surface area contributed by atoms with E-state index < -0.39 is 0 Å². The van der Waals surface area contributed by atoms with Crippen molar-refractivity contribution in [2.75, 3.05) is 5.73 Å². The summed E-state index contributed by atoms with van der Waals surface area (Å²) in [5, 5.41) is 1.63. The van der Waals surface area contributed by atoms with Crippen LogP contribution in [0.3, 0.4) is 0 Å². The molecule has 12 heavy (non-hydrogen) atoms. The summed E-state index contributed by atoms with van der Waals surface area (Å²) in [6.07, 6.45) is 0. The summed E-state index contributed by atoms with van der Waals surface area (Å²) < 4.78 is 13.8. The highest BCUT2D eigenvalue weighted by Crippen LogP contribution is 2.34. The fourth-order valence-electron chi connectivity index (χ4n) is 1.08. The van der Waals surface area contributed by atoms with E-state index in [1.165, 1.54) is 23.5 Å². The van der Waals surface area contributed by atoms with Crippen molar-refractivity contribution in [3.63, 3.8) is 0 Å². The van der Waals surface area contributed by atoms with Gasteiger partial charge in [0.05, 0.1) is 14.7 Å². The Kier molecular flexibility index (Phi) is 1.70. The Morgan fingerprint density at radius 3 is 2.83 bits per heavy atom. The third-order valence-electron chi connectivity index (χ3n) is 1.60. The lowest BCUT2D eigenvalue weighted by molar-refractivity contribution is 0.640. The Bertz CT molecular complexity index is 399. The molecule has 1 aromatic carbocycles. The van der Waals surface area contributed by atoms with E-state index in [9.17, 15) is 4.39 Å². The van der Waals surface area contributed by atoms with E-state index in [1.54, 1.807) is 6.07 Å². The second-order valence-corrected chi connectivity index (χ2v) is 3.91. The fraction of sp³-hybridized carbons (Fsp3) is 0. The van der Waals surface area contributed by atoms with Gasteiger partial charge in [-0.3, -0.25) is 0 Å². The van der Waals surface area contributed by atoms with Gasteiger partial charge in [0.15, 0.2) is 0 Å². The molecule has 0 saturated heterocycles. The minimum absolute atomic E-state index is 0.276. The molecule has 2 N–H and O–H groups in total. The molecule has 0 amide bonds. The second kappa shape index (κ2) is 2.61. The van der Waals surface area contributed by atoms with E-state index in [2.05, 4.69) is 0 Å². The number of thiophene rings is 1. The van der Waals surface area contributed by atoms with Crippen LogP contribution in [-0.4, -0.2) is 0 Å². The fourth-order valence-corrected chi connectivity index (χ4v) is 2.20. The Hall–Kier alpha value is -0.800. The average Bonchev–Trinajstić information content (AvgIpc) is 2.41. The van der Waals surface area contributed by atoms with Gasteiger partial charge in [0.25, 0.3) is 0 Å². The van der Waals surface area contributed by atoms with Gasteiger partial charge in [-0.15, -0.1) is 11.3 Å². The molecule has 0 bridgehead atoms. The molecule has 1 aromatic heterocycles. The number of hydrogen-bond acceptors (Lipinski definition) is 2. The van der Waals surface area contributed by atoms with Crippen LogP contribution in [0.4, 0.5) is 9.39 Å². The van der Waals surface area contributed by atoms with Crippen molar-refractivity contribution >= 4 is 38.0 Å². The minimum atomic E-state index is -0.276. The van der Waals surface area contributed by atoms with Crippen LogP contribution in [0.1, 0.15) is 0 Å². The molecule has 0 radical (unpaired) electrons. The van der Waals surface area contributed by atoms with Gasteiger partial charge in [-0.2, -0.15) is 0 Å². The molecule has 0 unspecified atom stereocenters. The summed E-state index contributed by atoms with van der Waals surface area (Å²) in [7, 11) is 0. The van der Waals surface area contributed by atoms with Crippen LogP contribution in [0.25, 0.3) is 10.1 Å². The van der Waals surface area contributed by atoms with Crippen molar-refractivity contribution < 1.29 is 4.39 Å². The number of nitrogen functional groups attached to an aromatic ring is 1. The van der Waals surface area contributed by atoms with Crippen molar-refractivity contribution in [1.29, 1.82) is 0 Å². The molecule has 1 nitrogen and oxygen atoms in total. The quantitative estimate of drug-likeness (QED) is 0.696. The molecular weight excluding hydrogens is 197 g/mol. The van der Waals surface area contributed by atoms with E-state index in [-0.39, 0.29) is 5.82 Å². The van der Waals surface area contributed by atoms with Crippen molar-refractivity contribution in [2.45, 2.75) is 0 Å². The Morgan fingerprint density at radius 1 is 1.42 bits per heavy atom. The van der Waals surface area contributed by atoms with Gasteiger partial charge >= 0.3 is 0 Å². The molecule has 0 aliphatic rings. The largest absolute Gasteiger partial charge is 0.391 e. The first-order chi connectivity index (χ1) is 5.68. The summed E-state index contributed by atoms with van der Waals surface area (Å²) in [5.74, 6) is -0.276. The van der Waals surface area contributed by atoms with Crippen LogP contribution < -0.4 is 5.73 Å². The second-order valence-electron chi connectivity index (χ2n) is 2.42. The lowest BCUT2D eigenvalue weighted by Crippen LogP contribution is -1.75. The SMILES string of the molecule is Nc1cc2c(F)ccc(Cl)c2s1. The van der Waals surface area contributed by atoms with Gasteiger partial charge < -0.3 is 5.73 Å². The number of rotatable bonds is 0. The highest BCUT2D eigenvalue weighted by molar-refractivity contribution is 7.23. The highest BCUT2D eigenvalue weighted by Gasteiger charge is 2.07. The maximum absolute atomic E-state index is 13.1. The highest BCUT2D eigenvalue weighted by atomic mass is 35.5. The van der Waals surface area contributed by atoms with E-state index in [0.29, 0.717) is 20.1 Å². The van der Waals surface area contributed by atoms with Gasteiger partial charge in [-0.05, 0) is 18.2 Å². The standard InChI is InChI=1S/C8H5ClFNS/c9-5-1-2-6(10)4-3-7(11)12-8(4)5/h1-3H,11H2. The van der Waals surface area contributed by atoms with Gasteiger partial charge in [-0.1, -0.05) is 11.6 Å². The van der Waals surface area contributed by atoms with Crippen LogP contribution in [0.2, 0.25) is 5.02 Å². The van der Waals surface area contributed by atoms with E-state index in [0.717, 1.165) is 0 Å². The molecule has 0 aliphatic carbocycles. The monoisotopic (exact) mass is 201 g/mol. The predicted octanol–water partition coefficient (Wildman–Crippen LogP) is 3.28. The number of fused-ring (bicyclic) bond motifs is 1. The zero-order valence-corrected chi connectivity index (χ0v) is 7.55. The van der Waals surface area contributed by atoms with Gasteiger partial charge in [0.2, 0.25) is 0 Å². The summed E-state index contributed by atoms with van der Waals surface area (Å²) in [6.45, 7) is 0. The lowest BCUT2D eigenvalue weighted by atomic mass is 10.2. The van der Waals surface area contributed by atoms with Crippen LogP contribution in [-0.2, 0) is 0 Å². The average molecular weight is 202 g/mol. The molecule has 62 valence electrons. The van der Waals surface area contributed by atoms with E-state index in [1.807, 2.05) is 0 Å². The lowest BCUT2D eigenvalue weighted by Gasteiger charge is -1.92. The van der Waals surface area contributed by atoms with Gasteiger partial charge in [-0.25, -0.2) is 4.39 Å². The molecule has 2 aromatic rings. The maximum atomic E-state index is 13.1. The zero-order valence-electron chi connectivity index (χ0n) is 5.97. The van der Waals surface area contributed by atoms with Gasteiger partial charge in [0, 0.05) is 5.39 Å². The topological polar surface area (TPSA) is 26.0 Å². The summed E-state index contributed by atoms with van der Waals surface area (Å²) >= 11 is 7.13. The van der Waals surface area contributed by atoms with E-state index in [4.69, 9.17) is 17.3 Å². The Labute approximate surface area is 77.6 Å². The summed E-state index contributed by atoms with van der Waals surface area (Å²) in [6, 6.07) is 4.48. The third kappa shape index (κ3) is 1.06. The normalized spacial score (nSPS) is 10.8. The molecule has 2 rings (SSSR count). The van der Waals surface area contributed by atoms with E-state index >= 15 is 0 Å². The molecule has 0 fully saturated rings. The number of hydrogen-bond donors (Lipinski definition) is 1. The summed E-state index contributed by atoms with van der Waals surface area (Å²) in [5.41, 5.74) is 5.52. The van der Waals surface area contributed by atoms with Crippen LogP contribution in [0.15, 0.2) is 18.2 Å². The Balaban J connectivity index is 2.93. The number of anilines is 1. The smallest absolute Gasteiger partial charge is 0.132 e. The first-order valence-electron chi connectivity index (χ1n) is 3.31. The van der Waals surface area contributed by atoms with Crippen molar-refractivity contribution in [3.8, 4) is 0 Å². The molecule has 0 spiro atoms. The molecular formula is C8H5ClFNS. The first kappa shape index (κ1) is 7.83. The number of benzene rings is 1. The minimum Gasteiger partial charge on any atom is -0.391 e. The summed E-state index contributed by atoms with van der Waals surface area (Å²) in [4.78, 5) is 0. The predicted molar refractivity (Wildman–Crippen MR) is 51.2 cm³/mol. The number of nitrogens with two attached hydrogens (primary N) is 1. The van der Waals surface area contributed by atoms with Crippen LogP contribution in [0.5, 0.6) is 0 Å². The molecule has 0 aliphatic heterocycles.